The molecule has 0 aliphatic heterocycles. The SMILES string of the molecule is C=Nc1c(/C(C)=N\C)nn(C)c1C. The van der Waals surface area contributed by atoms with Gasteiger partial charge in [-0.3, -0.25) is 14.7 Å². The molecule has 1 aromatic rings. The lowest BCUT2D eigenvalue weighted by atomic mass is 10.2. The van der Waals surface area contributed by atoms with Crippen molar-refractivity contribution < 1.29 is 0 Å². The molecule has 0 saturated heterocycles. The Hall–Kier alpha value is -1.45. The normalized spacial score (nSPS) is 11.8. The summed E-state index contributed by atoms with van der Waals surface area (Å²) in [7, 11) is 3.63. The molecule has 0 fully saturated rings. The van der Waals surface area contributed by atoms with Crippen LogP contribution in [0.5, 0.6) is 0 Å². The van der Waals surface area contributed by atoms with Crippen molar-refractivity contribution in [3.63, 3.8) is 0 Å². The van der Waals surface area contributed by atoms with Crippen molar-refractivity contribution in [1.82, 2.24) is 9.78 Å². The summed E-state index contributed by atoms with van der Waals surface area (Å²) in [5.41, 5.74) is 3.53. The summed E-state index contributed by atoms with van der Waals surface area (Å²) >= 11 is 0. The van der Waals surface area contributed by atoms with E-state index in [-0.39, 0.29) is 0 Å². The molecule has 0 aromatic carbocycles. The monoisotopic (exact) mass is 178 g/mol. The van der Waals surface area contributed by atoms with Gasteiger partial charge in [0.1, 0.15) is 11.4 Å². The second kappa shape index (κ2) is 3.51. The van der Waals surface area contributed by atoms with E-state index in [9.17, 15) is 0 Å². The molecule has 13 heavy (non-hydrogen) atoms. The molecule has 0 amide bonds. The van der Waals surface area contributed by atoms with E-state index >= 15 is 0 Å². The molecule has 0 N–H and O–H groups in total. The fourth-order valence-electron chi connectivity index (χ4n) is 1.14. The van der Waals surface area contributed by atoms with Crippen LogP contribution in [0.15, 0.2) is 9.98 Å². The third kappa shape index (κ3) is 1.52. The van der Waals surface area contributed by atoms with Crippen LogP contribution in [-0.4, -0.2) is 29.3 Å². The van der Waals surface area contributed by atoms with Crippen LogP contribution in [-0.2, 0) is 7.05 Å². The number of hydrogen-bond acceptors (Lipinski definition) is 3. The first-order chi connectivity index (χ1) is 6.11. The molecule has 70 valence electrons. The Morgan fingerprint density at radius 1 is 1.54 bits per heavy atom. The third-order valence-corrected chi connectivity index (χ3v) is 2.14. The van der Waals surface area contributed by atoms with Crippen molar-refractivity contribution in [2.45, 2.75) is 13.8 Å². The van der Waals surface area contributed by atoms with Crippen molar-refractivity contribution in [2.75, 3.05) is 7.05 Å². The van der Waals surface area contributed by atoms with Gasteiger partial charge in [-0.25, -0.2) is 0 Å². The molecular formula is C9H14N4. The van der Waals surface area contributed by atoms with Crippen LogP contribution in [0.4, 0.5) is 5.69 Å². The van der Waals surface area contributed by atoms with E-state index in [1.165, 1.54) is 0 Å². The molecule has 0 aliphatic rings. The van der Waals surface area contributed by atoms with Crippen LogP contribution in [0.2, 0.25) is 0 Å². The Labute approximate surface area is 78.0 Å². The van der Waals surface area contributed by atoms with E-state index in [1.807, 2.05) is 20.9 Å². The molecule has 0 saturated carbocycles. The predicted octanol–water partition coefficient (Wildman–Crippen LogP) is 1.50. The molecule has 0 unspecified atom stereocenters. The molecule has 4 heteroatoms. The average molecular weight is 178 g/mol. The minimum absolute atomic E-state index is 0.817. The number of aliphatic imine (C=N–C) groups is 2. The summed E-state index contributed by atoms with van der Waals surface area (Å²) in [6, 6.07) is 0. The first-order valence-corrected chi connectivity index (χ1v) is 4.06. The van der Waals surface area contributed by atoms with E-state index in [1.54, 1.807) is 11.7 Å². The van der Waals surface area contributed by atoms with Gasteiger partial charge in [-0.05, 0) is 20.6 Å². The lowest BCUT2D eigenvalue weighted by Gasteiger charge is -1.94. The highest BCUT2D eigenvalue weighted by Crippen LogP contribution is 2.22. The summed E-state index contributed by atoms with van der Waals surface area (Å²) < 4.78 is 1.79. The fourth-order valence-corrected chi connectivity index (χ4v) is 1.14. The van der Waals surface area contributed by atoms with Crippen LogP contribution >= 0.6 is 0 Å². The van der Waals surface area contributed by atoms with Crippen molar-refractivity contribution in [1.29, 1.82) is 0 Å². The number of rotatable bonds is 2. The Bertz CT molecular complexity index is 360. The van der Waals surface area contributed by atoms with Crippen LogP contribution in [0, 0.1) is 6.92 Å². The molecule has 1 heterocycles. The minimum atomic E-state index is 0.817. The Kier molecular flexibility index (Phi) is 2.60. The summed E-state index contributed by atoms with van der Waals surface area (Å²) in [5.74, 6) is 0. The van der Waals surface area contributed by atoms with E-state index in [4.69, 9.17) is 0 Å². The lowest BCUT2D eigenvalue weighted by Crippen LogP contribution is -1.98. The number of nitrogens with zero attached hydrogens (tertiary/aromatic N) is 4. The fraction of sp³-hybridized carbons (Fsp3) is 0.444. The van der Waals surface area contributed by atoms with Gasteiger partial charge in [0.05, 0.1) is 11.4 Å². The predicted molar refractivity (Wildman–Crippen MR) is 55.3 cm³/mol. The lowest BCUT2D eigenvalue weighted by molar-refractivity contribution is 0.737. The molecule has 0 aliphatic carbocycles. The van der Waals surface area contributed by atoms with Crippen molar-refractivity contribution in [3.8, 4) is 0 Å². The smallest absolute Gasteiger partial charge is 0.132 e. The van der Waals surface area contributed by atoms with Gasteiger partial charge in [0.2, 0.25) is 0 Å². The largest absolute Gasteiger partial charge is 0.291 e. The highest BCUT2D eigenvalue weighted by Gasteiger charge is 2.12. The van der Waals surface area contributed by atoms with E-state index in [0.29, 0.717) is 0 Å². The minimum Gasteiger partial charge on any atom is -0.291 e. The summed E-state index contributed by atoms with van der Waals surface area (Å²) in [6.45, 7) is 7.40. The zero-order chi connectivity index (χ0) is 10.0. The molecule has 1 aromatic heterocycles. The van der Waals surface area contributed by atoms with E-state index < -0.39 is 0 Å². The summed E-state index contributed by atoms with van der Waals surface area (Å²) in [4.78, 5) is 8.02. The zero-order valence-electron chi connectivity index (χ0n) is 8.50. The number of hydrogen-bond donors (Lipinski definition) is 0. The first-order valence-electron chi connectivity index (χ1n) is 4.06. The maximum atomic E-state index is 4.30. The van der Waals surface area contributed by atoms with Crippen LogP contribution in [0.3, 0.4) is 0 Å². The van der Waals surface area contributed by atoms with Crippen molar-refractivity contribution in [2.24, 2.45) is 17.0 Å². The van der Waals surface area contributed by atoms with Crippen molar-refractivity contribution in [3.05, 3.63) is 11.4 Å². The van der Waals surface area contributed by atoms with E-state index in [0.717, 1.165) is 22.8 Å². The van der Waals surface area contributed by atoms with Crippen LogP contribution < -0.4 is 0 Å². The molecule has 0 spiro atoms. The highest BCUT2D eigenvalue weighted by atomic mass is 15.3. The highest BCUT2D eigenvalue weighted by molar-refractivity contribution is 6.01. The van der Waals surface area contributed by atoms with Gasteiger partial charge < -0.3 is 0 Å². The Morgan fingerprint density at radius 3 is 2.62 bits per heavy atom. The van der Waals surface area contributed by atoms with Gasteiger partial charge in [-0.2, -0.15) is 5.10 Å². The van der Waals surface area contributed by atoms with Gasteiger partial charge in [-0.1, -0.05) is 0 Å². The van der Waals surface area contributed by atoms with Gasteiger partial charge in [0.25, 0.3) is 0 Å². The van der Waals surface area contributed by atoms with Gasteiger partial charge in [0, 0.05) is 14.1 Å². The van der Waals surface area contributed by atoms with E-state index in [2.05, 4.69) is 21.8 Å². The molecule has 4 nitrogen and oxygen atoms in total. The summed E-state index contributed by atoms with van der Waals surface area (Å²) in [6.07, 6.45) is 0. The number of aromatic nitrogens is 2. The van der Waals surface area contributed by atoms with Crippen molar-refractivity contribution >= 4 is 18.1 Å². The topological polar surface area (TPSA) is 42.5 Å². The Balaban J connectivity index is 3.37. The van der Waals surface area contributed by atoms with Gasteiger partial charge >= 0.3 is 0 Å². The number of aryl methyl sites for hydroxylation is 1. The van der Waals surface area contributed by atoms with Crippen LogP contribution in [0.1, 0.15) is 18.3 Å². The molecule has 0 radical (unpaired) electrons. The second-order valence-electron chi connectivity index (χ2n) is 2.87. The summed E-state index contributed by atoms with van der Waals surface area (Å²) in [5, 5.41) is 4.30. The standard InChI is InChI=1S/C9H14N4/c1-6(10-3)8-9(11-4)7(2)13(5)12-8/h4H2,1-3,5H3/b10-6-. The maximum Gasteiger partial charge on any atom is 0.132 e. The molecule has 0 atom stereocenters. The zero-order valence-corrected chi connectivity index (χ0v) is 8.50. The average Bonchev–Trinajstić information content (AvgIpc) is 2.42. The van der Waals surface area contributed by atoms with Crippen LogP contribution in [0.25, 0.3) is 0 Å². The second-order valence-corrected chi connectivity index (χ2v) is 2.87. The third-order valence-electron chi connectivity index (χ3n) is 2.14. The Morgan fingerprint density at radius 2 is 2.15 bits per heavy atom. The first kappa shape index (κ1) is 9.64. The molecule has 1 rings (SSSR count). The molecular weight excluding hydrogens is 164 g/mol. The maximum absolute atomic E-state index is 4.30. The quantitative estimate of drug-likeness (QED) is 0.633. The van der Waals surface area contributed by atoms with Gasteiger partial charge in [0.15, 0.2) is 0 Å². The van der Waals surface area contributed by atoms with Gasteiger partial charge in [-0.15, -0.1) is 0 Å². The molecule has 0 bridgehead atoms.